The molecule has 0 saturated carbocycles. The first kappa shape index (κ1) is 18.6. The molecule has 0 aliphatic carbocycles. The van der Waals surface area contributed by atoms with E-state index in [9.17, 15) is 9.59 Å². The molecule has 0 spiro atoms. The van der Waals surface area contributed by atoms with Crippen LogP contribution in [-0.2, 0) is 4.79 Å². The first-order chi connectivity index (χ1) is 13.7. The third-order valence-electron chi connectivity index (χ3n) is 5.38. The molecule has 1 aromatic heterocycles. The minimum Gasteiger partial charge on any atom is -0.319 e. The number of para-hydroxylation sites is 1. The van der Waals surface area contributed by atoms with Gasteiger partial charge in [-0.2, -0.15) is 0 Å². The van der Waals surface area contributed by atoms with Crippen molar-refractivity contribution in [1.82, 2.24) is 15.2 Å². The van der Waals surface area contributed by atoms with Gasteiger partial charge in [0.15, 0.2) is 5.82 Å². The maximum absolute atomic E-state index is 13.2. The molecule has 1 aromatic carbocycles. The molecule has 4 rings (SSSR count). The van der Waals surface area contributed by atoms with Crippen molar-refractivity contribution >= 4 is 29.0 Å². The number of likely N-dealkylation sites (tertiary alicyclic amines) is 1. The summed E-state index contributed by atoms with van der Waals surface area (Å²) in [5.74, 6) is 0.0860. The average Bonchev–Trinajstić information content (AvgIpc) is 2.86. The molecular weight excluding hydrogens is 354 g/mol. The molecular formula is C21H25N5O2. The molecule has 2 N–H and O–H groups in total. The molecule has 0 radical (unpaired) electrons. The van der Waals surface area contributed by atoms with E-state index in [1.54, 1.807) is 41.4 Å². The molecule has 146 valence electrons. The summed E-state index contributed by atoms with van der Waals surface area (Å²) in [7, 11) is 0. The van der Waals surface area contributed by atoms with Crippen molar-refractivity contribution in [2.24, 2.45) is 0 Å². The van der Waals surface area contributed by atoms with Crippen LogP contribution in [0.3, 0.4) is 0 Å². The van der Waals surface area contributed by atoms with Crippen LogP contribution in [0, 0.1) is 0 Å². The van der Waals surface area contributed by atoms with Crippen molar-refractivity contribution < 1.29 is 9.59 Å². The van der Waals surface area contributed by atoms with Crippen LogP contribution >= 0.6 is 0 Å². The van der Waals surface area contributed by atoms with Gasteiger partial charge < -0.3 is 15.5 Å². The lowest BCUT2D eigenvalue weighted by atomic mass is 10.1. The first-order valence-electron chi connectivity index (χ1n) is 9.81. The molecule has 0 bridgehead atoms. The zero-order valence-corrected chi connectivity index (χ0v) is 16.0. The third kappa shape index (κ3) is 3.63. The van der Waals surface area contributed by atoms with Crippen molar-refractivity contribution in [2.75, 3.05) is 36.4 Å². The molecule has 7 heteroatoms. The highest BCUT2D eigenvalue weighted by molar-refractivity contribution is 6.17. The van der Waals surface area contributed by atoms with Gasteiger partial charge in [0.05, 0.1) is 23.5 Å². The van der Waals surface area contributed by atoms with Gasteiger partial charge in [0.2, 0.25) is 5.91 Å². The lowest BCUT2D eigenvalue weighted by molar-refractivity contribution is -0.117. The van der Waals surface area contributed by atoms with E-state index in [0.29, 0.717) is 28.8 Å². The second kappa shape index (κ2) is 8.08. The van der Waals surface area contributed by atoms with Crippen LogP contribution in [0.25, 0.3) is 0 Å². The summed E-state index contributed by atoms with van der Waals surface area (Å²) >= 11 is 0. The second-order valence-corrected chi connectivity index (χ2v) is 7.19. The summed E-state index contributed by atoms with van der Waals surface area (Å²) in [6, 6.07) is 10.9. The Morgan fingerprint density at radius 1 is 1.29 bits per heavy atom. The number of hydrogen-bond donors (Lipinski definition) is 2. The molecule has 1 fully saturated rings. The minimum absolute atomic E-state index is 0.127. The Labute approximate surface area is 164 Å². The average molecular weight is 379 g/mol. The molecule has 28 heavy (non-hydrogen) atoms. The fraction of sp³-hybridized carbons (Fsp3) is 0.381. The highest BCUT2D eigenvalue weighted by atomic mass is 16.2. The van der Waals surface area contributed by atoms with Crippen LogP contribution in [0.2, 0.25) is 0 Å². The van der Waals surface area contributed by atoms with Crippen LogP contribution in [0.5, 0.6) is 0 Å². The monoisotopic (exact) mass is 379 g/mol. The molecule has 1 unspecified atom stereocenters. The smallest absolute Gasteiger partial charge is 0.257 e. The lowest BCUT2D eigenvalue weighted by Gasteiger charge is -2.32. The molecule has 2 aliphatic rings. The fourth-order valence-corrected chi connectivity index (χ4v) is 3.91. The number of hydrogen-bond acceptors (Lipinski definition) is 5. The van der Waals surface area contributed by atoms with Crippen molar-refractivity contribution in [3.63, 3.8) is 0 Å². The van der Waals surface area contributed by atoms with Crippen LogP contribution in [-0.4, -0.2) is 53.9 Å². The van der Waals surface area contributed by atoms with Gasteiger partial charge in [-0.1, -0.05) is 19.1 Å². The summed E-state index contributed by atoms with van der Waals surface area (Å²) in [5.41, 5.74) is 1.55. The summed E-state index contributed by atoms with van der Waals surface area (Å²) in [6.45, 7) is 5.45. The number of nitrogens with one attached hydrogen (secondary N) is 2. The second-order valence-electron chi connectivity index (χ2n) is 7.19. The standard InChI is InChI=1S/C21H25N5O2/c1-2-25-12-6-7-15(14-25)23-13-19(27)26-18-10-4-3-8-16(18)21(28)24-17-9-5-11-22-20(17)26/h3-5,8-11,15,23H,2,6-7,12-14H2,1H3,(H,24,28). The van der Waals surface area contributed by atoms with Crippen LogP contribution in [0.1, 0.15) is 30.1 Å². The number of amides is 2. The summed E-state index contributed by atoms with van der Waals surface area (Å²) in [4.78, 5) is 34.2. The summed E-state index contributed by atoms with van der Waals surface area (Å²) in [5, 5.41) is 6.27. The molecule has 7 nitrogen and oxygen atoms in total. The predicted octanol–water partition coefficient (Wildman–Crippen LogP) is 2.39. The van der Waals surface area contributed by atoms with E-state index in [1.807, 2.05) is 6.07 Å². The van der Waals surface area contributed by atoms with E-state index in [-0.39, 0.29) is 18.4 Å². The van der Waals surface area contributed by atoms with E-state index in [0.717, 1.165) is 32.5 Å². The molecule has 3 heterocycles. The Morgan fingerprint density at radius 3 is 3.00 bits per heavy atom. The quantitative estimate of drug-likeness (QED) is 0.853. The largest absolute Gasteiger partial charge is 0.319 e. The van der Waals surface area contributed by atoms with Crippen LogP contribution in [0.15, 0.2) is 42.6 Å². The van der Waals surface area contributed by atoms with Gasteiger partial charge in [-0.15, -0.1) is 0 Å². The fourth-order valence-electron chi connectivity index (χ4n) is 3.91. The van der Waals surface area contributed by atoms with Gasteiger partial charge in [-0.05, 0) is 50.2 Å². The Morgan fingerprint density at radius 2 is 2.14 bits per heavy atom. The molecule has 2 aliphatic heterocycles. The van der Waals surface area contributed by atoms with E-state index in [1.165, 1.54) is 0 Å². The number of fused-ring (bicyclic) bond motifs is 2. The highest BCUT2D eigenvalue weighted by Gasteiger charge is 2.30. The number of carbonyl (C=O) groups excluding carboxylic acids is 2. The van der Waals surface area contributed by atoms with E-state index in [4.69, 9.17) is 0 Å². The lowest BCUT2D eigenvalue weighted by Crippen LogP contribution is -2.48. The maximum Gasteiger partial charge on any atom is 0.257 e. The Bertz CT molecular complexity index is 885. The zero-order chi connectivity index (χ0) is 19.5. The van der Waals surface area contributed by atoms with Crippen LogP contribution < -0.4 is 15.5 Å². The first-order valence-corrected chi connectivity index (χ1v) is 9.81. The molecule has 2 aromatic rings. The van der Waals surface area contributed by atoms with E-state index in [2.05, 4.69) is 27.4 Å². The number of pyridine rings is 1. The van der Waals surface area contributed by atoms with Crippen LogP contribution in [0.4, 0.5) is 17.2 Å². The Hall–Kier alpha value is -2.77. The maximum atomic E-state index is 13.2. The van der Waals surface area contributed by atoms with Gasteiger partial charge in [-0.3, -0.25) is 14.5 Å². The predicted molar refractivity (Wildman–Crippen MR) is 109 cm³/mol. The molecule has 1 atom stereocenters. The van der Waals surface area contributed by atoms with Crippen molar-refractivity contribution in [3.05, 3.63) is 48.2 Å². The Balaban J connectivity index is 1.60. The molecule has 1 saturated heterocycles. The van der Waals surface area contributed by atoms with E-state index >= 15 is 0 Å². The number of rotatable bonds is 4. The van der Waals surface area contributed by atoms with Gasteiger partial charge >= 0.3 is 0 Å². The topological polar surface area (TPSA) is 77.6 Å². The normalized spacial score (nSPS) is 19.4. The van der Waals surface area contributed by atoms with Crippen molar-refractivity contribution in [2.45, 2.75) is 25.8 Å². The number of likely N-dealkylation sites (N-methyl/N-ethyl adjacent to an activating group) is 1. The minimum atomic E-state index is -0.237. The number of nitrogens with zero attached hydrogens (tertiary/aromatic N) is 3. The number of piperidine rings is 1. The SMILES string of the molecule is CCN1CCCC(NCC(=O)N2c3ccccc3C(=O)Nc3cccnc32)C1. The molecule has 2 amide bonds. The van der Waals surface area contributed by atoms with Gasteiger partial charge in [-0.25, -0.2) is 4.98 Å². The van der Waals surface area contributed by atoms with Gasteiger partial charge in [0, 0.05) is 18.8 Å². The van der Waals surface area contributed by atoms with Gasteiger partial charge in [0.1, 0.15) is 0 Å². The van der Waals surface area contributed by atoms with Crippen molar-refractivity contribution in [1.29, 1.82) is 0 Å². The summed E-state index contributed by atoms with van der Waals surface area (Å²) < 4.78 is 0. The number of anilines is 3. The number of benzene rings is 1. The van der Waals surface area contributed by atoms with Gasteiger partial charge in [0.25, 0.3) is 5.91 Å². The number of aromatic nitrogens is 1. The Kier molecular flexibility index (Phi) is 5.36. The number of carbonyl (C=O) groups is 2. The summed E-state index contributed by atoms with van der Waals surface area (Å²) in [6.07, 6.45) is 3.83. The van der Waals surface area contributed by atoms with E-state index < -0.39 is 0 Å². The third-order valence-corrected chi connectivity index (χ3v) is 5.38. The van der Waals surface area contributed by atoms with Crippen molar-refractivity contribution in [3.8, 4) is 0 Å². The highest BCUT2D eigenvalue weighted by Crippen LogP contribution is 2.36. The zero-order valence-electron chi connectivity index (χ0n) is 16.0.